The molecule has 22 heavy (non-hydrogen) atoms. The fourth-order valence-electron chi connectivity index (χ4n) is 2.41. The molecule has 7 heteroatoms. The zero-order valence-electron chi connectivity index (χ0n) is 12.5. The molecule has 0 saturated heterocycles. The molecule has 2 rings (SSSR count). The molecule has 120 valence electrons. The number of carbonyl (C=O) groups excluding carboxylic acids is 2. The van der Waals surface area contributed by atoms with Gasteiger partial charge in [-0.1, -0.05) is 6.07 Å². The minimum Gasteiger partial charge on any atom is -0.504 e. The monoisotopic (exact) mass is 309 g/mol. The van der Waals surface area contributed by atoms with Crippen molar-refractivity contribution in [3.05, 3.63) is 23.8 Å². The molecule has 0 heterocycles. The number of esters is 1. The highest BCUT2D eigenvalue weighted by molar-refractivity contribution is 5.90. The largest absolute Gasteiger partial charge is 0.504 e. The van der Waals surface area contributed by atoms with Crippen LogP contribution < -0.4 is 11.1 Å². The van der Waals surface area contributed by atoms with E-state index in [1.165, 1.54) is 19.2 Å². The number of quaternary nitrogens is 1. The highest BCUT2D eigenvalue weighted by Crippen LogP contribution is 2.28. The van der Waals surface area contributed by atoms with Crippen molar-refractivity contribution < 1.29 is 30.3 Å². The van der Waals surface area contributed by atoms with Gasteiger partial charge in [-0.2, -0.15) is 0 Å². The van der Waals surface area contributed by atoms with E-state index in [1.807, 2.05) is 0 Å². The maximum atomic E-state index is 12.2. The molecule has 7 nitrogen and oxygen atoms in total. The molecule has 0 bridgehead atoms. The smallest absolute Gasteiger partial charge is 0.328 e. The van der Waals surface area contributed by atoms with Gasteiger partial charge in [-0.3, -0.25) is 4.79 Å². The van der Waals surface area contributed by atoms with Crippen molar-refractivity contribution in [2.75, 3.05) is 7.11 Å². The fourth-order valence-corrected chi connectivity index (χ4v) is 2.41. The lowest BCUT2D eigenvalue weighted by atomic mass is 9.77. The van der Waals surface area contributed by atoms with E-state index in [0.717, 1.165) is 6.42 Å². The Hall–Kier alpha value is -2.28. The van der Waals surface area contributed by atoms with Crippen molar-refractivity contribution in [3.8, 4) is 11.5 Å². The number of nitrogens with one attached hydrogen (secondary N) is 1. The van der Waals surface area contributed by atoms with Crippen molar-refractivity contribution in [2.45, 2.75) is 37.3 Å². The summed E-state index contributed by atoms with van der Waals surface area (Å²) in [6.45, 7) is 0. The van der Waals surface area contributed by atoms with Gasteiger partial charge in [-0.05, 0) is 24.1 Å². The molecule has 0 spiro atoms. The zero-order chi connectivity index (χ0) is 16.3. The third kappa shape index (κ3) is 3.30. The number of aromatic hydroxyl groups is 2. The second-order valence-electron chi connectivity index (χ2n) is 5.71. The van der Waals surface area contributed by atoms with Crippen LogP contribution in [0.1, 0.15) is 24.8 Å². The standard InChI is InChI=1S/C15H20N2O5/c1-22-13(20)10(17-14(21)15(16)5-2-6-15)7-9-3-4-11(18)12(19)8-9/h3-4,8,10,18-19H,2,5-7,16H2,1H3,(H,17,21)/p+1/t10-/m0/s1. The Bertz CT molecular complexity index is 583. The van der Waals surface area contributed by atoms with E-state index in [9.17, 15) is 19.8 Å². The molecule has 1 aromatic rings. The molecular formula is C15H21N2O5+. The van der Waals surface area contributed by atoms with Gasteiger partial charge in [0.15, 0.2) is 17.0 Å². The second-order valence-corrected chi connectivity index (χ2v) is 5.71. The molecule has 0 aliphatic heterocycles. The number of methoxy groups -OCH3 is 1. The average molecular weight is 309 g/mol. The normalized spacial score (nSPS) is 17.2. The zero-order valence-corrected chi connectivity index (χ0v) is 12.5. The van der Waals surface area contributed by atoms with Crippen LogP contribution >= 0.6 is 0 Å². The van der Waals surface area contributed by atoms with Crippen LogP contribution in [-0.2, 0) is 20.7 Å². The number of hydrogen-bond acceptors (Lipinski definition) is 5. The van der Waals surface area contributed by atoms with Crippen LogP contribution in [0.25, 0.3) is 0 Å². The van der Waals surface area contributed by atoms with Crippen LogP contribution in [0.4, 0.5) is 0 Å². The van der Waals surface area contributed by atoms with Gasteiger partial charge in [-0.25, -0.2) is 4.79 Å². The molecule has 1 aromatic carbocycles. The fraction of sp³-hybridized carbons (Fsp3) is 0.467. The van der Waals surface area contributed by atoms with Gasteiger partial charge < -0.3 is 26.0 Å². The number of amides is 1. The third-order valence-corrected chi connectivity index (χ3v) is 4.06. The van der Waals surface area contributed by atoms with E-state index in [2.05, 4.69) is 11.1 Å². The topological polar surface area (TPSA) is 124 Å². The van der Waals surface area contributed by atoms with E-state index in [4.69, 9.17) is 4.74 Å². The van der Waals surface area contributed by atoms with Crippen LogP contribution in [0, 0.1) is 0 Å². The predicted molar refractivity (Wildman–Crippen MR) is 76.9 cm³/mol. The third-order valence-electron chi connectivity index (χ3n) is 4.06. The van der Waals surface area contributed by atoms with Gasteiger partial charge in [0.1, 0.15) is 6.04 Å². The molecule has 1 aliphatic carbocycles. The van der Waals surface area contributed by atoms with Crippen molar-refractivity contribution in [1.29, 1.82) is 0 Å². The first-order valence-corrected chi connectivity index (χ1v) is 7.11. The first kappa shape index (κ1) is 16.1. The molecule has 0 unspecified atom stereocenters. The summed E-state index contributed by atoms with van der Waals surface area (Å²) < 4.78 is 4.72. The molecule has 1 aliphatic rings. The Morgan fingerprint density at radius 1 is 1.36 bits per heavy atom. The SMILES string of the molecule is COC(=O)[C@H](Cc1ccc(O)c(O)c1)NC(=O)C1([NH3+])CCC1. The van der Waals surface area contributed by atoms with Crippen LogP contribution in [0.2, 0.25) is 0 Å². The lowest BCUT2D eigenvalue weighted by molar-refractivity contribution is -0.477. The first-order chi connectivity index (χ1) is 10.4. The highest BCUT2D eigenvalue weighted by Gasteiger charge is 2.45. The summed E-state index contributed by atoms with van der Waals surface area (Å²) in [7, 11) is 1.25. The van der Waals surface area contributed by atoms with E-state index in [1.54, 1.807) is 6.07 Å². The summed E-state index contributed by atoms with van der Waals surface area (Å²) in [5.74, 6) is -1.35. The molecule has 1 amide bonds. The second kappa shape index (κ2) is 6.23. The van der Waals surface area contributed by atoms with Crippen LogP contribution in [0.15, 0.2) is 18.2 Å². The van der Waals surface area contributed by atoms with E-state index in [0.29, 0.717) is 18.4 Å². The van der Waals surface area contributed by atoms with Gasteiger partial charge in [0.2, 0.25) is 0 Å². The first-order valence-electron chi connectivity index (χ1n) is 7.11. The number of rotatable bonds is 5. The van der Waals surface area contributed by atoms with Crippen molar-refractivity contribution in [1.82, 2.24) is 5.32 Å². The van der Waals surface area contributed by atoms with E-state index >= 15 is 0 Å². The lowest BCUT2D eigenvalue weighted by Gasteiger charge is -2.33. The number of carbonyl (C=O) groups is 2. The molecule has 0 radical (unpaired) electrons. The number of phenols is 2. The molecule has 0 aromatic heterocycles. The Morgan fingerprint density at radius 3 is 2.55 bits per heavy atom. The number of benzene rings is 1. The molecule has 1 fully saturated rings. The molecule has 1 saturated carbocycles. The van der Waals surface area contributed by atoms with Gasteiger partial charge >= 0.3 is 5.97 Å². The number of phenolic OH excluding ortho intramolecular Hbond substituents is 2. The number of hydrogen-bond donors (Lipinski definition) is 4. The Morgan fingerprint density at radius 2 is 2.05 bits per heavy atom. The van der Waals surface area contributed by atoms with Crippen LogP contribution in [0.5, 0.6) is 11.5 Å². The summed E-state index contributed by atoms with van der Waals surface area (Å²) in [6.07, 6.45) is 2.51. The van der Waals surface area contributed by atoms with Gasteiger partial charge in [0, 0.05) is 19.3 Å². The number of ether oxygens (including phenoxy) is 1. The molecule has 1 atom stereocenters. The molecular weight excluding hydrogens is 288 g/mol. The van der Waals surface area contributed by atoms with Gasteiger partial charge in [0.05, 0.1) is 7.11 Å². The maximum absolute atomic E-state index is 12.2. The van der Waals surface area contributed by atoms with Crippen molar-refractivity contribution >= 4 is 11.9 Å². The summed E-state index contributed by atoms with van der Waals surface area (Å²) in [5.41, 5.74) is 3.84. The van der Waals surface area contributed by atoms with Gasteiger partial charge in [-0.15, -0.1) is 0 Å². The highest BCUT2D eigenvalue weighted by atomic mass is 16.5. The van der Waals surface area contributed by atoms with Crippen molar-refractivity contribution in [3.63, 3.8) is 0 Å². The minimum absolute atomic E-state index is 0.155. The quantitative estimate of drug-likeness (QED) is 0.430. The Kier molecular flexibility index (Phi) is 4.56. The van der Waals surface area contributed by atoms with Gasteiger partial charge in [0.25, 0.3) is 5.91 Å². The summed E-state index contributed by atoms with van der Waals surface area (Å²) >= 11 is 0. The average Bonchev–Trinajstić information content (AvgIpc) is 2.46. The molecule has 6 N–H and O–H groups in total. The summed E-state index contributed by atoms with van der Waals surface area (Å²) in [4.78, 5) is 24.1. The van der Waals surface area contributed by atoms with E-state index < -0.39 is 17.6 Å². The predicted octanol–water partition coefficient (Wildman–Crippen LogP) is -0.537. The lowest BCUT2D eigenvalue weighted by Crippen LogP contribution is -2.82. The van der Waals surface area contributed by atoms with Crippen LogP contribution in [0.3, 0.4) is 0 Å². The Labute approximate surface area is 128 Å². The maximum Gasteiger partial charge on any atom is 0.328 e. The summed E-state index contributed by atoms with van der Waals surface area (Å²) in [6, 6.07) is 3.39. The summed E-state index contributed by atoms with van der Waals surface area (Å²) in [5, 5.41) is 21.5. The van der Waals surface area contributed by atoms with E-state index in [-0.39, 0.29) is 23.8 Å². The van der Waals surface area contributed by atoms with Crippen LogP contribution in [-0.4, -0.2) is 40.8 Å². The Balaban J connectivity index is 2.10. The van der Waals surface area contributed by atoms with Crippen molar-refractivity contribution in [2.24, 2.45) is 0 Å². The minimum atomic E-state index is -0.860.